The predicted octanol–water partition coefficient (Wildman–Crippen LogP) is 2.33. The van der Waals surface area contributed by atoms with Crippen LogP contribution in [0.5, 0.6) is 0 Å². The Balaban J connectivity index is 2.65. The fourth-order valence-electron chi connectivity index (χ4n) is 0.907. The molecule has 0 fully saturated rings. The molecule has 15 heavy (non-hydrogen) atoms. The van der Waals surface area contributed by atoms with Crippen LogP contribution in [0.3, 0.4) is 0 Å². The first kappa shape index (κ1) is 11.8. The van der Waals surface area contributed by atoms with E-state index in [0.717, 1.165) is 6.42 Å². The molecule has 1 heterocycles. The summed E-state index contributed by atoms with van der Waals surface area (Å²) in [6.45, 7) is 5.26. The van der Waals surface area contributed by atoms with Crippen molar-refractivity contribution in [1.29, 1.82) is 0 Å². The maximum Gasteiger partial charge on any atom is 0.228 e. The van der Waals surface area contributed by atoms with E-state index in [-0.39, 0.29) is 17.6 Å². The Morgan fingerprint density at radius 1 is 1.60 bits per heavy atom. The van der Waals surface area contributed by atoms with Gasteiger partial charge in [-0.05, 0) is 6.42 Å². The van der Waals surface area contributed by atoms with Gasteiger partial charge in [-0.1, -0.05) is 13.8 Å². The molecular weight excluding hydrogens is 212 g/mol. The largest absolute Gasteiger partial charge is 0.302 e. The number of carbonyl (C=O) groups is 2. The second-order valence-corrected chi connectivity index (χ2v) is 4.25. The van der Waals surface area contributed by atoms with Gasteiger partial charge in [-0.25, -0.2) is 4.98 Å². The van der Waals surface area contributed by atoms with Crippen LogP contribution in [0.25, 0.3) is 0 Å². The van der Waals surface area contributed by atoms with Crippen LogP contribution in [0.4, 0.5) is 5.13 Å². The number of hydrogen-bond acceptors (Lipinski definition) is 4. The summed E-state index contributed by atoms with van der Waals surface area (Å²) in [5.41, 5.74) is 0.402. The number of carbonyl (C=O) groups excluding carboxylic acids is 2. The van der Waals surface area contributed by atoms with Gasteiger partial charge in [-0.2, -0.15) is 0 Å². The third-order valence-corrected chi connectivity index (χ3v) is 2.91. The van der Waals surface area contributed by atoms with Crippen molar-refractivity contribution in [2.45, 2.75) is 27.2 Å². The van der Waals surface area contributed by atoms with E-state index in [1.807, 2.05) is 13.8 Å². The minimum absolute atomic E-state index is 0.0327. The van der Waals surface area contributed by atoms with Gasteiger partial charge in [0.25, 0.3) is 0 Å². The van der Waals surface area contributed by atoms with E-state index < -0.39 is 0 Å². The highest BCUT2D eigenvalue weighted by molar-refractivity contribution is 7.14. The zero-order valence-corrected chi connectivity index (χ0v) is 9.85. The number of nitrogens with one attached hydrogen (secondary N) is 1. The highest BCUT2D eigenvalue weighted by Gasteiger charge is 2.13. The van der Waals surface area contributed by atoms with Gasteiger partial charge in [0, 0.05) is 18.2 Å². The van der Waals surface area contributed by atoms with Gasteiger partial charge in [-0.15, -0.1) is 11.3 Å². The van der Waals surface area contributed by atoms with Crippen molar-refractivity contribution in [2.75, 3.05) is 5.32 Å². The first-order chi connectivity index (χ1) is 7.04. The van der Waals surface area contributed by atoms with E-state index in [2.05, 4.69) is 10.3 Å². The molecule has 0 radical (unpaired) electrons. The number of aromatic nitrogens is 1. The number of ketones is 1. The van der Waals surface area contributed by atoms with Crippen molar-refractivity contribution >= 4 is 28.2 Å². The molecule has 0 spiro atoms. The van der Waals surface area contributed by atoms with Crippen LogP contribution in [-0.4, -0.2) is 16.7 Å². The van der Waals surface area contributed by atoms with Crippen molar-refractivity contribution < 1.29 is 9.59 Å². The van der Waals surface area contributed by atoms with Gasteiger partial charge in [0.1, 0.15) is 5.69 Å². The lowest BCUT2D eigenvalue weighted by atomic mass is 10.1. The van der Waals surface area contributed by atoms with Crippen LogP contribution in [0, 0.1) is 5.92 Å². The van der Waals surface area contributed by atoms with Crippen LogP contribution in [0.15, 0.2) is 5.38 Å². The van der Waals surface area contributed by atoms with Gasteiger partial charge >= 0.3 is 0 Å². The molecule has 1 aromatic heterocycles. The summed E-state index contributed by atoms with van der Waals surface area (Å²) in [7, 11) is 0. The second kappa shape index (κ2) is 5.02. The molecule has 1 atom stereocenters. The smallest absolute Gasteiger partial charge is 0.228 e. The van der Waals surface area contributed by atoms with Gasteiger partial charge < -0.3 is 5.32 Å². The summed E-state index contributed by atoms with van der Waals surface area (Å²) in [5.74, 6) is -0.174. The Hall–Kier alpha value is -1.23. The topological polar surface area (TPSA) is 59.1 Å². The number of anilines is 1. The van der Waals surface area contributed by atoms with Gasteiger partial charge in [-0.3, -0.25) is 9.59 Å². The molecule has 4 nitrogen and oxygen atoms in total. The lowest BCUT2D eigenvalue weighted by Gasteiger charge is -2.06. The van der Waals surface area contributed by atoms with E-state index in [4.69, 9.17) is 0 Å². The molecule has 1 N–H and O–H groups in total. The quantitative estimate of drug-likeness (QED) is 0.801. The van der Waals surface area contributed by atoms with Crippen molar-refractivity contribution in [3.05, 3.63) is 11.1 Å². The van der Waals surface area contributed by atoms with E-state index in [1.54, 1.807) is 5.38 Å². The van der Waals surface area contributed by atoms with Crippen molar-refractivity contribution in [1.82, 2.24) is 4.98 Å². The summed E-state index contributed by atoms with van der Waals surface area (Å²) < 4.78 is 0. The number of hydrogen-bond donors (Lipinski definition) is 1. The normalized spacial score (nSPS) is 12.2. The first-order valence-electron chi connectivity index (χ1n) is 4.82. The van der Waals surface area contributed by atoms with E-state index in [9.17, 15) is 9.59 Å². The number of nitrogens with zero attached hydrogens (tertiary/aromatic N) is 1. The molecule has 0 aliphatic rings. The van der Waals surface area contributed by atoms with E-state index >= 15 is 0 Å². The zero-order chi connectivity index (χ0) is 11.4. The third kappa shape index (κ3) is 3.13. The zero-order valence-electron chi connectivity index (χ0n) is 9.03. The molecule has 0 aliphatic carbocycles. The minimum atomic E-state index is -0.0877. The number of amides is 1. The van der Waals surface area contributed by atoms with Crippen LogP contribution in [0.2, 0.25) is 0 Å². The molecule has 1 unspecified atom stereocenters. The van der Waals surface area contributed by atoms with E-state index in [1.165, 1.54) is 18.3 Å². The van der Waals surface area contributed by atoms with Crippen molar-refractivity contribution in [2.24, 2.45) is 5.92 Å². The summed E-state index contributed by atoms with van der Waals surface area (Å²) >= 11 is 1.27. The molecule has 0 aliphatic heterocycles. The summed E-state index contributed by atoms with van der Waals surface area (Å²) in [6.07, 6.45) is 0.788. The highest BCUT2D eigenvalue weighted by Crippen LogP contribution is 2.17. The van der Waals surface area contributed by atoms with Gasteiger partial charge in [0.05, 0.1) is 0 Å². The number of rotatable bonds is 4. The van der Waals surface area contributed by atoms with Gasteiger partial charge in [0.2, 0.25) is 5.91 Å². The Kier molecular flexibility index (Phi) is 3.96. The molecule has 0 bridgehead atoms. The van der Waals surface area contributed by atoms with Crippen LogP contribution in [0.1, 0.15) is 37.7 Å². The molecule has 0 saturated carbocycles. The highest BCUT2D eigenvalue weighted by atomic mass is 32.1. The molecule has 5 heteroatoms. The van der Waals surface area contributed by atoms with Crippen molar-refractivity contribution in [3.8, 4) is 0 Å². The molecule has 1 rings (SSSR count). The van der Waals surface area contributed by atoms with Crippen LogP contribution in [-0.2, 0) is 4.79 Å². The van der Waals surface area contributed by atoms with Crippen LogP contribution < -0.4 is 5.32 Å². The molecule has 0 saturated heterocycles. The number of thiazole rings is 1. The summed E-state index contributed by atoms with van der Waals surface area (Å²) in [6, 6.07) is 0. The fourth-order valence-corrected chi connectivity index (χ4v) is 1.66. The number of Topliss-reactive ketones (excluding diaryl/α,β-unsaturated/α-hetero) is 1. The predicted molar refractivity (Wildman–Crippen MR) is 60.2 cm³/mol. The lowest BCUT2D eigenvalue weighted by Crippen LogP contribution is -2.19. The summed E-state index contributed by atoms with van der Waals surface area (Å²) in [5, 5.41) is 4.82. The SMILES string of the molecule is CCC(C)C(=O)Nc1nc(C(C)=O)cs1. The Morgan fingerprint density at radius 3 is 2.73 bits per heavy atom. The monoisotopic (exact) mass is 226 g/mol. The maximum absolute atomic E-state index is 11.5. The first-order valence-corrected chi connectivity index (χ1v) is 5.69. The lowest BCUT2D eigenvalue weighted by molar-refractivity contribution is -0.119. The Bertz CT molecular complexity index is 373. The maximum atomic E-state index is 11.5. The molecule has 1 aromatic rings. The Labute approximate surface area is 92.7 Å². The molecule has 1 amide bonds. The minimum Gasteiger partial charge on any atom is -0.302 e. The standard InChI is InChI=1S/C10H14N2O2S/c1-4-6(2)9(14)12-10-11-8(5-15-10)7(3)13/h5-6H,4H2,1-3H3,(H,11,12,14). The van der Waals surface area contributed by atoms with Crippen molar-refractivity contribution in [3.63, 3.8) is 0 Å². The van der Waals surface area contributed by atoms with Gasteiger partial charge in [0.15, 0.2) is 10.9 Å². The second-order valence-electron chi connectivity index (χ2n) is 3.39. The van der Waals surface area contributed by atoms with Crippen LogP contribution >= 0.6 is 11.3 Å². The Morgan fingerprint density at radius 2 is 2.27 bits per heavy atom. The average molecular weight is 226 g/mol. The molecular formula is C10H14N2O2S. The fraction of sp³-hybridized carbons (Fsp3) is 0.500. The van der Waals surface area contributed by atoms with E-state index in [0.29, 0.717) is 10.8 Å². The molecule has 0 aromatic carbocycles. The third-order valence-electron chi connectivity index (χ3n) is 2.15. The average Bonchev–Trinajstić information content (AvgIpc) is 2.65. The molecule has 82 valence electrons. The summed E-state index contributed by atoms with van der Waals surface area (Å²) in [4.78, 5) is 26.5.